The molecule has 0 heterocycles. The van der Waals surface area contributed by atoms with Gasteiger partial charge in [-0.05, 0) is 64.2 Å². The van der Waals surface area contributed by atoms with Gasteiger partial charge in [0.05, 0.1) is 23.8 Å². The van der Waals surface area contributed by atoms with E-state index in [0.717, 1.165) is 10.2 Å². The molecule has 0 aliphatic rings. The van der Waals surface area contributed by atoms with E-state index in [4.69, 9.17) is 4.74 Å². The van der Waals surface area contributed by atoms with Gasteiger partial charge in [-0.2, -0.15) is 0 Å². The zero-order valence-electron chi connectivity index (χ0n) is 15.8. The largest absolute Gasteiger partial charge is 0.492 e. The Hall–Kier alpha value is -2.34. The summed E-state index contributed by atoms with van der Waals surface area (Å²) in [6.07, 6.45) is 0.908. The number of hydrogen-bond donors (Lipinski definition) is 1. The number of nitrogens with one attached hydrogen (secondary N) is 1. The van der Waals surface area contributed by atoms with Crippen molar-refractivity contribution in [2.24, 2.45) is 0 Å². The summed E-state index contributed by atoms with van der Waals surface area (Å²) in [6, 6.07) is 12.7. The topological polar surface area (TPSA) is 64.6 Å². The molecule has 1 amide bonds. The quantitative estimate of drug-likeness (QED) is 0.461. The molecule has 0 aliphatic carbocycles. The Labute approximate surface area is 168 Å². The minimum Gasteiger partial charge on any atom is -0.492 e. The van der Waals surface area contributed by atoms with Crippen molar-refractivity contribution in [1.29, 1.82) is 0 Å². The summed E-state index contributed by atoms with van der Waals surface area (Å²) in [5.74, 6) is 0.658. The highest BCUT2D eigenvalue weighted by Gasteiger charge is 2.09. The van der Waals surface area contributed by atoms with Gasteiger partial charge in [0, 0.05) is 12.1 Å². The summed E-state index contributed by atoms with van der Waals surface area (Å²) in [7, 11) is 1.32. The average molecular weight is 434 g/mol. The minimum absolute atomic E-state index is 0.130. The summed E-state index contributed by atoms with van der Waals surface area (Å²) in [5, 5.41) is 2.78. The highest BCUT2D eigenvalue weighted by molar-refractivity contribution is 9.10. The van der Waals surface area contributed by atoms with Crippen LogP contribution in [-0.4, -0.2) is 25.6 Å². The highest BCUT2D eigenvalue weighted by Crippen LogP contribution is 2.29. The fourth-order valence-electron chi connectivity index (χ4n) is 2.47. The maximum atomic E-state index is 12.1. The second kappa shape index (κ2) is 10.1. The van der Waals surface area contributed by atoms with Crippen LogP contribution in [0.3, 0.4) is 0 Å². The fraction of sp³-hybridized carbons (Fsp3) is 0.333. The average Bonchev–Trinajstić information content (AvgIpc) is 2.65. The van der Waals surface area contributed by atoms with Gasteiger partial charge >= 0.3 is 5.97 Å². The third-order valence-electron chi connectivity index (χ3n) is 4.00. The number of carbonyl (C=O) groups is 2. The van der Waals surface area contributed by atoms with Crippen LogP contribution in [0.15, 0.2) is 46.9 Å². The van der Waals surface area contributed by atoms with Crippen LogP contribution in [0.5, 0.6) is 5.75 Å². The molecule has 0 spiro atoms. The van der Waals surface area contributed by atoms with E-state index in [1.807, 2.05) is 12.1 Å². The monoisotopic (exact) mass is 433 g/mol. The second-order valence-electron chi connectivity index (χ2n) is 6.42. The third kappa shape index (κ3) is 6.40. The molecule has 2 aromatic rings. The van der Waals surface area contributed by atoms with Gasteiger partial charge in [0.2, 0.25) is 5.91 Å². The first kappa shape index (κ1) is 21.0. The number of esters is 1. The SMILES string of the molecule is COC(=O)c1cccc(NC(=O)CCCOc2ccc(C(C)C)cc2Br)c1. The number of halogens is 1. The molecule has 0 aromatic heterocycles. The lowest BCUT2D eigenvalue weighted by Gasteiger charge is -2.11. The lowest BCUT2D eigenvalue weighted by atomic mass is 10.0. The highest BCUT2D eigenvalue weighted by atomic mass is 79.9. The van der Waals surface area contributed by atoms with Crippen LogP contribution >= 0.6 is 15.9 Å². The first-order chi connectivity index (χ1) is 12.9. The Morgan fingerprint density at radius 2 is 1.93 bits per heavy atom. The fourth-order valence-corrected chi connectivity index (χ4v) is 2.98. The zero-order chi connectivity index (χ0) is 19.8. The molecule has 27 heavy (non-hydrogen) atoms. The lowest BCUT2D eigenvalue weighted by molar-refractivity contribution is -0.116. The van der Waals surface area contributed by atoms with Crippen LogP contribution in [0.4, 0.5) is 5.69 Å². The minimum atomic E-state index is -0.437. The van der Waals surface area contributed by atoms with Gasteiger partial charge in [-0.25, -0.2) is 4.79 Å². The van der Waals surface area contributed by atoms with Crippen LogP contribution in [0.25, 0.3) is 0 Å². The van der Waals surface area contributed by atoms with Crippen molar-refractivity contribution in [3.63, 3.8) is 0 Å². The number of carbonyl (C=O) groups excluding carboxylic acids is 2. The standard InChI is InChI=1S/C21H24BrNO4/c1-14(2)15-9-10-19(18(22)13-15)27-11-5-8-20(24)23-17-7-4-6-16(12-17)21(25)26-3/h4,6-7,9-10,12-14H,5,8,11H2,1-3H3,(H,23,24). The molecular weight excluding hydrogens is 410 g/mol. The molecule has 0 fully saturated rings. The second-order valence-corrected chi connectivity index (χ2v) is 7.27. The van der Waals surface area contributed by atoms with Gasteiger partial charge in [-0.15, -0.1) is 0 Å². The molecule has 0 saturated carbocycles. The van der Waals surface area contributed by atoms with Crippen LogP contribution in [0, 0.1) is 0 Å². The van der Waals surface area contributed by atoms with Crippen molar-refractivity contribution in [1.82, 2.24) is 0 Å². The summed E-state index contributed by atoms with van der Waals surface area (Å²) in [6.45, 7) is 4.72. The number of rotatable bonds is 8. The number of amides is 1. The van der Waals surface area contributed by atoms with Gasteiger partial charge < -0.3 is 14.8 Å². The molecule has 0 saturated heterocycles. The van der Waals surface area contributed by atoms with Gasteiger partial charge in [0.15, 0.2) is 0 Å². The molecule has 0 aliphatic heterocycles. The molecule has 5 nitrogen and oxygen atoms in total. The van der Waals surface area contributed by atoms with E-state index in [0.29, 0.717) is 36.6 Å². The Morgan fingerprint density at radius 1 is 1.15 bits per heavy atom. The first-order valence-electron chi connectivity index (χ1n) is 8.81. The van der Waals surface area contributed by atoms with E-state index in [-0.39, 0.29) is 5.91 Å². The van der Waals surface area contributed by atoms with Gasteiger partial charge in [0.1, 0.15) is 5.75 Å². The van der Waals surface area contributed by atoms with E-state index in [2.05, 4.69) is 45.9 Å². The molecule has 2 aromatic carbocycles. The molecule has 0 bridgehead atoms. The van der Waals surface area contributed by atoms with E-state index in [9.17, 15) is 9.59 Å². The number of ether oxygens (including phenoxy) is 2. The Morgan fingerprint density at radius 3 is 2.59 bits per heavy atom. The van der Waals surface area contributed by atoms with Crippen molar-refractivity contribution in [3.8, 4) is 5.75 Å². The first-order valence-corrected chi connectivity index (χ1v) is 9.60. The van der Waals surface area contributed by atoms with Crippen molar-refractivity contribution in [2.45, 2.75) is 32.6 Å². The van der Waals surface area contributed by atoms with E-state index >= 15 is 0 Å². The van der Waals surface area contributed by atoms with E-state index < -0.39 is 5.97 Å². The summed E-state index contributed by atoms with van der Waals surface area (Å²) >= 11 is 3.52. The van der Waals surface area contributed by atoms with Crippen molar-refractivity contribution < 1.29 is 19.1 Å². The molecule has 0 atom stereocenters. The predicted octanol–water partition coefficient (Wildman–Crippen LogP) is 5.16. The van der Waals surface area contributed by atoms with Crippen LogP contribution in [0.2, 0.25) is 0 Å². The number of methoxy groups -OCH3 is 1. The molecule has 0 radical (unpaired) electrons. The number of benzene rings is 2. The maximum absolute atomic E-state index is 12.1. The molecule has 0 unspecified atom stereocenters. The van der Waals surface area contributed by atoms with Gasteiger partial charge in [0.25, 0.3) is 0 Å². The van der Waals surface area contributed by atoms with Crippen molar-refractivity contribution >= 4 is 33.5 Å². The Bertz CT molecular complexity index is 805. The molecule has 144 valence electrons. The van der Waals surface area contributed by atoms with Crippen LogP contribution in [0.1, 0.15) is 48.5 Å². The lowest BCUT2D eigenvalue weighted by Crippen LogP contribution is -2.13. The smallest absolute Gasteiger partial charge is 0.337 e. The summed E-state index contributed by atoms with van der Waals surface area (Å²) in [5.41, 5.74) is 2.20. The molecule has 6 heteroatoms. The Balaban J connectivity index is 1.79. The predicted molar refractivity (Wildman–Crippen MR) is 109 cm³/mol. The van der Waals surface area contributed by atoms with Crippen molar-refractivity contribution in [3.05, 3.63) is 58.1 Å². The molecule has 1 N–H and O–H groups in total. The number of hydrogen-bond acceptors (Lipinski definition) is 4. The maximum Gasteiger partial charge on any atom is 0.337 e. The zero-order valence-corrected chi connectivity index (χ0v) is 17.3. The van der Waals surface area contributed by atoms with Gasteiger partial charge in [-0.3, -0.25) is 4.79 Å². The molecule has 2 rings (SSSR count). The Kier molecular flexibility index (Phi) is 7.85. The third-order valence-corrected chi connectivity index (χ3v) is 4.62. The van der Waals surface area contributed by atoms with Crippen LogP contribution in [-0.2, 0) is 9.53 Å². The van der Waals surface area contributed by atoms with E-state index in [1.165, 1.54) is 12.7 Å². The normalized spacial score (nSPS) is 10.6. The van der Waals surface area contributed by atoms with Gasteiger partial charge in [-0.1, -0.05) is 26.0 Å². The van der Waals surface area contributed by atoms with Crippen LogP contribution < -0.4 is 10.1 Å². The van der Waals surface area contributed by atoms with Crippen molar-refractivity contribution in [2.75, 3.05) is 19.0 Å². The molecular formula is C21H24BrNO4. The number of anilines is 1. The summed E-state index contributed by atoms with van der Waals surface area (Å²) < 4.78 is 11.3. The summed E-state index contributed by atoms with van der Waals surface area (Å²) in [4.78, 5) is 23.6. The van der Waals surface area contributed by atoms with E-state index in [1.54, 1.807) is 24.3 Å².